The van der Waals surface area contributed by atoms with Gasteiger partial charge < -0.3 is 5.32 Å². The Hall–Kier alpha value is -2.13. The third-order valence-corrected chi connectivity index (χ3v) is 3.20. The number of fused-ring (bicyclic) bond motifs is 1. The largest absolute Gasteiger partial charge is 0.380 e. The number of benzene rings is 1. The highest BCUT2D eigenvalue weighted by molar-refractivity contribution is 6.29. The molecule has 0 fully saturated rings. The average molecular weight is 270 g/mol. The molecule has 0 saturated carbocycles. The van der Waals surface area contributed by atoms with Crippen molar-refractivity contribution in [3.05, 3.63) is 65.7 Å². The molecule has 3 nitrogen and oxygen atoms in total. The van der Waals surface area contributed by atoms with Gasteiger partial charge in [-0.15, -0.1) is 0 Å². The van der Waals surface area contributed by atoms with Crippen molar-refractivity contribution < 1.29 is 0 Å². The third-order valence-electron chi connectivity index (χ3n) is 2.98. The predicted molar refractivity (Wildman–Crippen MR) is 78.3 cm³/mol. The Bertz CT molecular complexity index is 690. The molecule has 0 atom stereocenters. The third kappa shape index (κ3) is 2.66. The van der Waals surface area contributed by atoms with E-state index in [1.54, 1.807) is 12.3 Å². The fraction of sp³-hybridized carbons (Fsp3) is 0.0667. The van der Waals surface area contributed by atoms with Gasteiger partial charge in [-0.05, 0) is 29.1 Å². The normalized spacial score (nSPS) is 10.6. The van der Waals surface area contributed by atoms with E-state index in [0.29, 0.717) is 5.15 Å². The van der Waals surface area contributed by atoms with E-state index in [2.05, 4.69) is 27.4 Å². The van der Waals surface area contributed by atoms with Gasteiger partial charge in [0, 0.05) is 24.3 Å². The van der Waals surface area contributed by atoms with Crippen molar-refractivity contribution in [2.75, 3.05) is 5.32 Å². The second-order valence-electron chi connectivity index (χ2n) is 4.24. The topological polar surface area (TPSA) is 37.8 Å². The lowest BCUT2D eigenvalue weighted by Gasteiger charge is -2.09. The van der Waals surface area contributed by atoms with Crippen LogP contribution in [0, 0.1) is 0 Å². The monoisotopic (exact) mass is 269 g/mol. The van der Waals surface area contributed by atoms with Gasteiger partial charge in [0.1, 0.15) is 5.15 Å². The fourth-order valence-corrected chi connectivity index (χ4v) is 2.13. The molecule has 2 aromatic heterocycles. The minimum atomic E-state index is 0.502. The molecule has 1 aromatic carbocycles. The number of rotatable bonds is 3. The molecule has 2 heterocycles. The van der Waals surface area contributed by atoms with Crippen molar-refractivity contribution in [1.82, 2.24) is 9.97 Å². The molecule has 4 heteroatoms. The SMILES string of the molecule is Clc1ccc(NCc2cccc3cnccc23)cn1. The summed E-state index contributed by atoms with van der Waals surface area (Å²) in [6.45, 7) is 0.741. The van der Waals surface area contributed by atoms with Crippen LogP contribution in [0.25, 0.3) is 10.8 Å². The van der Waals surface area contributed by atoms with Crippen LogP contribution in [0.5, 0.6) is 0 Å². The molecule has 0 unspecified atom stereocenters. The standard InChI is InChI=1S/C15H12ClN3/c16-15-5-4-13(10-19-15)18-9-12-3-1-2-11-8-17-7-6-14(11)12/h1-8,10,18H,9H2. The minimum Gasteiger partial charge on any atom is -0.380 e. The van der Waals surface area contributed by atoms with Crippen molar-refractivity contribution >= 4 is 28.1 Å². The molecule has 0 aliphatic rings. The van der Waals surface area contributed by atoms with E-state index < -0.39 is 0 Å². The van der Waals surface area contributed by atoms with Gasteiger partial charge in [0.2, 0.25) is 0 Å². The fourth-order valence-electron chi connectivity index (χ4n) is 2.02. The van der Waals surface area contributed by atoms with E-state index in [1.165, 1.54) is 10.9 Å². The maximum Gasteiger partial charge on any atom is 0.129 e. The van der Waals surface area contributed by atoms with E-state index in [9.17, 15) is 0 Å². The van der Waals surface area contributed by atoms with Crippen LogP contribution in [0.1, 0.15) is 5.56 Å². The molecule has 3 rings (SSSR count). The summed E-state index contributed by atoms with van der Waals surface area (Å²) in [6, 6.07) is 11.9. The number of anilines is 1. The van der Waals surface area contributed by atoms with Gasteiger partial charge in [0.05, 0.1) is 11.9 Å². The van der Waals surface area contributed by atoms with Gasteiger partial charge in [-0.25, -0.2) is 4.98 Å². The summed E-state index contributed by atoms with van der Waals surface area (Å²) >= 11 is 5.76. The van der Waals surface area contributed by atoms with Gasteiger partial charge in [-0.1, -0.05) is 29.8 Å². The molecule has 0 aliphatic carbocycles. The van der Waals surface area contributed by atoms with Crippen LogP contribution < -0.4 is 5.32 Å². The summed E-state index contributed by atoms with van der Waals surface area (Å²) in [5, 5.41) is 6.20. The zero-order valence-electron chi connectivity index (χ0n) is 10.2. The molecule has 0 aliphatic heterocycles. The number of pyridine rings is 2. The Morgan fingerprint density at radius 2 is 2.00 bits per heavy atom. The smallest absolute Gasteiger partial charge is 0.129 e. The van der Waals surface area contributed by atoms with Gasteiger partial charge >= 0.3 is 0 Å². The highest BCUT2D eigenvalue weighted by Crippen LogP contribution is 2.19. The minimum absolute atomic E-state index is 0.502. The Balaban J connectivity index is 1.84. The summed E-state index contributed by atoms with van der Waals surface area (Å²) in [6.07, 6.45) is 5.42. The molecule has 19 heavy (non-hydrogen) atoms. The van der Waals surface area contributed by atoms with E-state index in [4.69, 9.17) is 11.6 Å². The molecule has 94 valence electrons. The molecule has 0 amide bonds. The van der Waals surface area contributed by atoms with Crippen molar-refractivity contribution in [1.29, 1.82) is 0 Å². The maximum absolute atomic E-state index is 5.76. The first-order valence-electron chi connectivity index (χ1n) is 6.00. The second kappa shape index (κ2) is 5.24. The molecule has 0 radical (unpaired) electrons. The first kappa shape index (κ1) is 11.9. The van der Waals surface area contributed by atoms with Gasteiger partial charge in [-0.2, -0.15) is 0 Å². The molecule has 0 saturated heterocycles. The number of nitrogens with one attached hydrogen (secondary N) is 1. The van der Waals surface area contributed by atoms with Crippen LogP contribution >= 0.6 is 11.6 Å². The van der Waals surface area contributed by atoms with Gasteiger partial charge in [0.25, 0.3) is 0 Å². The lowest BCUT2D eigenvalue weighted by Crippen LogP contribution is -2.00. The Labute approximate surface area is 116 Å². The van der Waals surface area contributed by atoms with Crippen molar-refractivity contribution in [2.45, 2.75) is 6.54 Å². The molecule has 1 N–H and O–H groups in total. The highest BCUT2D eigenvalue weighted by atomic mass is 35.5. The maximum atomic E-state index is 5.76. The first-order valence-corrected chi connectivity index (χ1v) is 6.38. The number of aromatic nitrogens is 2. The Morgan fingerprint density at radius 1 is 1.05 bits per heavy atom. The average Bonchev–Trinajstić information content (AvgIpc) is 2.47. The lowest BCUT2D eigenvalue weighted by atomic mass is 10.1. The Kier molecular flexibility index (Phi) is 3.29. The highest BCUT2D eigenvalue weighted by Gasteiger charge is 2.00. The van der Waals surface area contributed by atoms with Crippen molar-refractivity contribution in [3.63, 3.8) is 0 Å². The number of nitrogens with zero attached hydrogens (tertiary/aromatic N) is 2. The zero-order chi connectivity index (χ0) is 13.1. The van der Waals surface area contributed by atoms with Crippen LogP contribution in [0.2, 0.25) is 5.15 Å². The summed E-state index contributed by atoms with van der Waals surface area (Å²) in [7, 11) is 0. The molecule has 0 bridgehead atoms. The van der Waals surface area contributed by atoms with Crippen molar-refractivity contribution in [2.24, 2.45) is 0 Å². The number of hydrogen-bond acceptors (Lipinski definition) is 3. The molecular formula is C15H12ClN3. The zero-order valence-corrected chi connectivity index (χ0v) is 10.9. The van der Waals surface area contributed by atoms with Crippen LogP contribution in [0.3, 0.4) is 0 Å². The summed E-state index contributed by atoms with van der Waals surface area (Å²) in [4.78, 5) is 8.18. The first-order chi connectivity index (χ1) is 9.33. The number of halogens is 1. The van der Waals surface area contributed by atoms with Crippen LogP contribution in [-0.4, -0.2) is 9.97 Å². The van der Waals surface area contributed by atoms with Crippen LogP contribution in [0.4, 0.5) is 5.69 Å². The van der Waals surface area contributed by atoms with E-state index in [1.807, 2.05) is 30.6 Å². The van der Waals surface area contributed by atoms with Crippen LogP contribution in [-0.2, 0) is 6.54 Å². The summed E-state index contributed by atoms with van der Waals surface area (Å²) in [5.41, 5.74) is 2.19. The lowest BCUT2D eigenvalue weighted by molar-refractivity contribution is 1.15. The predicted octanol–water partition coefficient (Wildman–Crippen LogP) is 3.90. The van der Waals surface area contributed by atoms with Crippen molar-refractivity contribution in [3.8, 4) is 0 Å². The van der Waals surface area contributed by atoms with E-state index in [-0.39, 0.29) is 0 Å². The second-order valence-corrected chi connectivity index (χ2v) is 4.62. The van der Waals surface area contributed by atoms with E-state index in [0.717, 1.165) is 17.6 Å². The quantitative estimate of drug-likeness (QED) is 0.733. The van der Waals surface area contributed by atoms with Crippen LogP contribution in [0.15, 0.2) is 55.0 Å². The number of hydrogen-bond donors (Lipinski definition) is 1. The summed E-state index contributed by atoms with van der Waals surface area (Å²) in [5.74, 6) is 0. The van der Waals surface area contributed by atoms with Gasteiger partial charge in [0.15, 0.2) is 0 Å². The molecular weight excluding hydrogens is 258 g/mol. The summed E-state index contributed by atoms with van der Waals surface area (Å²) < 4.78 is 0. The molecule has 3 aromatic rings. The van der Waals surface area contributed by atoms with Gasteiger partial charge in [-0.3, -0.25) is 4.98 Å². The molecule has 0 spiro atoms. The van der Waals surface area contributed by atoms with E-state index >= 15 is 0 Å². The Morgan fingerprint density at radius 3 is 2.84 bits per heavy atom.